The molecule has 1 fully saturated rings. The summed E-state index contributed by atoms with van der Waals surface area (Å²) in [6.07, 6.45) is 3.49. The number of nitrogens with one attached hydrogen (secondary N) is 1. The van der Waals surface area contributed by atoms with Crippen LogP contribution in [0.1, 0.15) is 44.5 Å². The SMILES string of the molecule is Cc1nc(C(=O)N2CCC[C@@H](NC(=O)c3c(C)nc4sccn34)C2)c(-c2ccc(Cl)cc2)s1. The molecule has 2 amide bonds. The molecule has 5 rings (SSSR count). The number of piperidine rings is 1. The molecule has 3 aromatic heterocycles. The predicted octanol–water partition coefficient (Wildman–Crippen LogP) is 4.82. The maximum Gasteiger partial charge on any atom is 0.274 e. The number of thiazole rings is 2. The van der Waals surface area contributed by atoms with Crippen molar-refractivity contribution in [3.05, 3.63) is 63.0 Å². The van der Waals surface area contributed by atoms with Crippen LogP contribution in [0.3, 0.4) is 0 Å². The normalized spacial score (nSPS) is 16.3. The number of likely N-dealkylation sites (tertiary alicyclic amines) is 1. The lowest BCUT2D eigenvalue weighted by Gasteiger charge is -2.33. The monoisotopic (exact) mass is 499 g/mol. The minimum absolute atomic E-state index is 0.107. The van der Waals surface area contributed by atoms with E-state index in [1.807, 2.05) is 54.1 Å². The number of nitrogens with zero attached hydrogens (tertiary/aromatic N) is 4. The fourth-order valence-electron chi connectivity index (χ4n) is 4.22. The first kappa shape index (κ1) is 22.1. The standard InChI is InChI=1S/C23H22ClN5O2S2/c1-13-19(29-10-11-32-23(29)25-13)21(30)27-17-4-3-9-28(12-17)22(31)18-20(33-14(2)26-18)15-5-7-16(24)8-6-15/h5-8,10-11,17H,3-4,9,12H2,1-2H3,(H,27,30)/t17-/m1/s1. The first-order valence-electron chi connectivity index (χ1n) is 10.7. The van der Waals surface area contributed by atoms with Gasteiger partial charge in [-0.15, -0.1) is 22.7 Å². The third-order valence-electron chi connectivity index (χ3n) is 5.74. The first-order chi connectivity index (χ1) is 15.9. The molecular weight excluding hydrogens is 478 g/mol. The van der Waals surface area contributed by atoms with Gasteiger partial charge in [0.25, 0.3) is 11.8 Å². The van der Waals surface area contributed by atoms with Gasteiger partial charge < -0.3 is 10.2 Å². The highest BCUT2D eigenvalue weighted by Crippen LogP contribution is 2.32. The predicted molar refractivity (Wildman–Crippen MR) is 131 cm³/mol. The molecule has 33 heavy (non-hydrogen) atoms. The second-order valence-electron chi connectivity index (χ2n) is 8.08. The molecule has 0 radical (unpaired) electrons. The lowest BCUT2D eigenvalue weighted by atomic mass is 10.0. The lowest BCUT2D eigenvalue weighted by Crippen LogP contribution is -2.50. The molecule has 0 spiro atoms. The molecule has 0 aliphatic carbocycles. The minimum Gasteiger partial charge on any atom is -0.346 e. The second kappa shape index (κ2) is 8.89. The average molecular weight is 500 g/mol. The molecule has 4 aromatic rings. The zero-order valence-corrected chi connectivity index (χ0v) is 20.6. The highest BCUT2D eigenvalue weighted by molar-refractivity contribution is 7.15. The largest absolute Gasteiger partial charge is 0.346 e. The van der Waals surface area contributed by atoms with Crippen LogP contribution < -0.4 is 5.32 Å². The maximum absolute atomic E-state index is 13.4. The van der Waals surface area contributed by atoms with E-state index in [2.05, 4.69) is 15.3 Å². The van der Waals surface area contributed by atoms with Crippen LogP contribution in [-0.2, 0) is 0 Å². The van der Waals surface area contributed by atoms with Gasteiger partial charge in [-0.2, -0.15) is 0 Å². The van der Waals surface area contributed by atoms with Gasteiger partial charge in [-0.05, 0) is 44.4 Å². The lowest BCUT2D eigenvalue weighted by molar-refractivity contribution is 0.0671. The fourth-order valence-corrected chi connectivity index (χ4v) is 6.02. The van der Waals surface area contributed by atoms with Crippen molar-refractivity contribution in [2.24, 2.45) is 0 Å². The molecule has 1 aromatic carbocycles. The Balaban J connectivity index is 1.34. The zero-order valence-electron chi connectivity index (χ0n) is 18.2. The molecule has 0 bridgehead atoms. The van der Waals surface area contributed by atoms with E-state index in [9.17, 15) is 9.59 Å². The number of imidazole rings is 1. The van der Waals surface area contributed by atoms with Gasteiger partial charge in [-0.1, -0.05) is 23.7 Å². The van der Waals surface area contributed by atoms with Crippen LogP contribution in [0.25, 0.3) is 15.4 Å². The molecule has 1 saturated heterocycles. The van der Waals surface area contributed by atoms with Crippen LogP contribution in [0.2, 0.25) is 5.02 Å². The number of hydrogen-bond donors (Lipinski definition) is 1. The molecule has 1 N–H and O–H groups in total. The first-order valence-corrected chi connectivity index (χ1v) is 12.7. The van der Waals surface area contributed by atoms with Crippen LogP contribution >= 0.6 is 34.3 Å². The van der Waals surface area contributed by atoms with Gasteiger partial charge in [0.15, 0.2) is 4.96 Å². The highest BCUT2D eigenvalue weighted by atomic mass is 35.5. The Bertz CT molecular complexity index is 1340. The number of rotatable bonds is 4. The van der Waals surface area contributed by atoms with Crippen LogP contribution in [0, 0.1) is 13.8 Å². The van der Waals surface area contributed by atoms with E-state index in [0.717, 1.165) is 33.3 Å². The summed E-state index contributed by atoms with van der Waals surface area (Å²) in [5, 5.41) is 6.51. The Morgan fingerprint density at radius 1 is 1.18 bits per heavy atom. The molecule has 1 aliphatic heterocycles. The highest BCUT2D eigenvalue weighted by Gasteiger charge is 2.30. The van der Waals surface area contributed by atoms with Gasteiger partial charge in [0.05, 0.1) is 15.6 Å². The number of amides is 2. The minimum atomic E-state index is -0.163. The molecule has 0 unspecified atom stereocenters. The summed E-state index contributed by atoms with van der Waals surface area (Å²) in [6, 6.07) is 7.32. The van der Waals surface area contributed by atoms with Crippen molar-refractivity contribution in [2.75, 3.05) is 13.1 Å². The van der Waals surface area contributed by atoms with Gasteiger partial charge in [0.1, 0.15) is 11.4 Å². The van der Waals surface area contributed by atoms with Gasteiger partial charge in [-0.25, -0.2) is 9.97 Å². The van der Waals surface area contributed by atoms with Crippen LogP contribution in [0.15, 0.2) is 35.8 Å². The van der Waals surface area contributed by atoms with Crippen molar-refractivity contribution in [3.63, 3.8) is 0 Å². The summed E-state index contributed by atoms with van der Waals surface area (Å²) in [6.45, 7) is 4.83. The van der Waals surface area contributed by atoms with E-state index in [1.54, 1.807) is 4.90 Å². The molecule has 7 nitrogen and oxygen atoms in total. The summed E-state index contributed by atoms with van der Waals surface area (Å²) in [5.41, 5.74) is 2.63. The Morgan fingerprint density at radius 3 is 2.76 bits per heavy atom. The number of halogens is 1. The third kappa shape index (κ3) is 4.28. The van der Waals surface area contributed by atoms with E-state index in [4.69, 9.17) is 11.6 Å². The third-order valence-corrected chi connectivity index (χ3v) is 7.77. The van der Waals surface area contributed by atoms with E-state index >= 15 is 0 Å². The summed E-state index contributed by atoms with van der Waals surface area (Å²) < 4.78 is 1.82. The Labute approximate surface area is 204 Å². The van der Waals surface area contributed by atoms with Crippen molar-refractivity contribution in [1.82, 2.24) is 24.6 Å². The van der Waals surface area contributed by atoms with Crippen molar-refractivity contribution < 1.29 is 9.59 Å². The average Bonchev–Trinajstić information content (AvgIpc) is 3.48. The topological polar surface area (TPSA) is 79.6 Å². The Kier molecular flexibility index (Phi) is 5.94. The van der Waals surface area contributed by atoms with E-state index < -0.39 is 0 Å². The molecule has 4 heterocycles. The molecule has 10 heteroatoms. The summed E-state index contributed by atoms with van der Waals surface area (Å²) >= 11 is 9.03. The number of hydrogen-bond acceptors (Lipinski definition) is 6. The van der Waals surface area contributed by atoms with E-state index in [1.165, 1.54) is 22.7 Å². The van der Waals surface area contributed by atoms with Gasteiger partial charge >= 0.3 is 0 Å². The number of aromatic nitrogens is 3. The van der Waals surface area contributed by atoms with Crippen LogP contribution in [-0.4, -0.2) is 50.2 Å². The summed E-state index contributed by atoms with van der Waals surface area (Å²) in [5.74, 6) is -0.270. The van der Waals surface area contributed by atoms with E-state index in [0.29, 0.717) is 35.2 Å². The maximum atomic E-state index is 13.4. The Morgan fingerprint density at radius 2 is 1.97 bits per heavy atom. The Hall–Kier alpha value is -2.75. The molecule has 1 atom stereocenters. The summed E-state index contributed by atoms with van der Waals surface area (Å²) in [4.78, 5) is 38.9. The van der Waals surface area contributed by atoms with Crippen molar-refractivity contribution in [2.45, 2.75) is 32.7 Å². The van der Waals surface area contributed by atoms with Crippen LogP contribution in [0.5, 0.6) is 0 Å². The number of carbonyl (C=O) groups excluding carboxylic acids is 2. The van der Waals surface area contributed by atoms with Crippen molar-refractivity contribution in [1.29, 1.82) is 0 Å². The summed E-state index contributed by atoms with van der Waals surface area (Å²) in [7, 11) is 0. The van der Waals surface area contributed by atoms with Gasteiger partial charge in [0.2, 0.25) is 0 Å². The molecule has 170 valence electrons. The number of benzene rings is 1. The second-order valence-corrected chi connectivity index (χ2v) is 10.6. The van der Waals surface area contributed by atoms with Crippen molar-refractivity contribution >= 4 is 51.0 Å². The van der Waals surface area contributed by atoms with E-state index in [-0.39, 0.29) is 17.9 Å². The smallest absolute Gasteiger partial charge is 0.274 e. The number of aryl methyl sites for hydroxylation is 2. The number of carbonyl (C=O) groups is 2. The molecule has 0 saturated carbocycles. The van der Waals surface area contributed by atoms with Crippen molar-refractivity contribution in [3.8, 4) is 10.4 Å². The molecule has 1 aliphatic rings. The zero-order chi connectivity index (χ0) is 23.1. The quantitative estimate of drug-likeness (QED) is 0.436. The molecular formula is C23H22ClN5O2S2. The number of fused-ring (bicyclic) bond motifs is 1. The van der Waals surface area contributed by atoms with Crippen LogP contribution in [0.4, 0.5) is 0 Å². The van der Waals surface area contributed by atoms with Gasteiger partial charge in [-0.3, -0.25) is 14.0 Å². The van der Waals surface area contributed by atoms with Gasteiger partial charge in [0, 0.05) is 35.7 Å². The fraction of sp³-hybridized carbons (Fsp3) is 0.304.